The molecule has 2 fully saturated rings. The second-order valence-corrected chi connectivity index (χ2v) is 14.3. The van der Waals surface area contributed by atoms with Crippen molar-refractivity contribution >= 4 is 61.5 Å². The summed E-state index contributed by atoms with van der Waals surface area (Å²) in [5, 5.41) is 29.8. The average molecular weight is 862 g/mol. The molecule has 2 aliphatic rings. The van der Waals surface area contributed by atoms with Crippen molar-refractivity contribution in [2.75, 3.05) is 41.4 Å². The molecule has 2 N–H and O–H groups in total. The quantitative estimate of drug-likeness (QED) is 0.194. The summed E-state index contributed by atoms with van der Waals surface area (Å²) in [5.41, 5.74) is 0.875. The molecule has 8 rings (SSSR count). The fraction of sp³-hybridized carbons (Fsp3) is 0.238. The summed E-state index contributed by atoms with van der Waals surface area (Å²) in [4.78, 5) is 58.0. The molecular formula is C42H37BrN8O8. The second kappa shape index (κ2) is 17.3. The molecule has 2 amide bonds. The van der Waals surface area contributed by atoms with E-state index in [1.165, 1.54) is 24.0 Å². The summed E-state index contributed by atoms with van der Waals surface area (Å²) in [5.74, 6) is 5.89. The Kier molecular flexibility index (Phi) is 12.2. The molecule has 2 saturated heterocycles. The first-order valence-electron chi connectivity index (χ1n) is 17.9. The maximum Gasteiger partial charge on any atom is 0.359 e. The number of carbonyl (C=O) groups excluding carboxylic acids is 4. The molecule has 6 aromatic rings. The van der Waals surface area contributed by atoms with E-state index in [0.717, 1.165) is 15.7 Å². The van der Waals surface area contributed by atoms with Gasteiger partial charge in [0.1, 0.15) is 0 Å². The molecule has 0 spiro atoms. The number of aromatic nitrogens is 6. The first kappa shape index (κ1) is 41.7. The number of likely N-dealkylation sites (N-methyl/N-ethyl adjacent to an activating group) is 2. The Morgan fingerprint density at radius 2 is 1.25 bits per heavy atom. The molecule has 0 unspecified atom stereocenters. The van der Waals surface area contributed by atoms with Gasteiger partial charge >= 0.3 is 11.9 Å². The Morgan fingerprint density at radius 3 is 1.69 bits per heavy atom. The molecule has 17 heteroatoms. The lowest BCUT2D eigenvalue weighted by Gasteiger charge is -2.13. The number of methoxy groups -OCH3 is 2. The standard InChI is InChI=1S/C21H18N4O4.C14H10BrN3O2.C7H9NO2/c1-24-11-9-21(28,20(24)27)8-6-14-4-3-5-15(12-14)25-17-7-10-22-13-16(17)18(23-25)19(26)29-2;1-20-14(19)13-11-8-16-6-5-12(11)18(17-13)10-4-2-3-9(15)7-10;1-3-7(10)4-5-8(2)6(7)9/h3-5,7,10,12-13,28H,9,11H2,1-2H3;2-8H,1H3;1,10H,4-5H2,2H3/t21-;;7-/m0.0/s1. The van der Waals surface area contributed by atoms with Crippen LogP contribution in [-0.4, -0.2) is 126 Å². The topological polar surface area (TPSA) is 195 Å². The van der Waals surface area contributed by atoms with Crippen molar-refractivity contribution in [2.24, 2.45) is 0 Å². The van der Waals surface area contributed by atoms with Crippen molar-refractivity contribution in [2.45, 2.75) is 24.0 Å². The van der Waals surface area contributed by atoms with Crippen molar-refractivity contribution in [1.82, 2.24) is 39.3 Å². The van der Waals surface area contributed by atoms with Crippen molar-refractivity contribution in [3.8, 4) is 35.6 Å². The number of likely N-dealkylation sites (tertiary alicyclic amines) is 2. The highest BCUT2D eigenvalue weighted by atomic mass is 79.9. The highest BCUT2D eigenvalue weighted by Gasteiger charge is 2.43. The maximum atomic E-state index is 12.1. The Hall–Kier alpha value is -6.92. The zero-order valence-corrected chi connectivity index (χ0v) is 33.9. The number of fused-ring (bicyclic) bond motifs is 2. The Balaban J connectivity index is 0.000000168. The Bertz CT molecular complexity index is 2710. The number of hydrogen-bond donors (Lipinski definition) is 2. The molecule has 0 bridgehead atoms. The van der Waals surface area contributed by atoms with Gasteiger partial charge in [-0.1, -0.05) is 45.8 Å². The number of benzene rings is 2. The van der Waals surface area contributed by atoms with Gasteiger partial charge in [-0.05, 0) is 48.5 Å². The van der Waals surface area contributed by atoms with Crippen molar-refractivity contribution in [3.63, 3.8) is 0 Å². The molecule has 0 aliphatic carbocycles. The number of esters is 2. The van der Waals surface area contributed by atoms with Gasteiger partial charge in [0, 0.05) is 74.9 Å². The van der Waals surface area contributed by atoms with Crippen molar-refractivity contribution in [1.29, 1.82) is 0 Å². The minimum Gasteiger partial charge on any atom is -0.464 e. The summed E-state index contributed by atoms with van der Waals surface area (Å²) in [7, 11) is 5.89. The molecule has 0 saturated carbocycles. The summed E-state index contributed by atoms with van der Waals surface area (Å²) in [6.07, 6.45) is 12.0. The van der Waals surface area contributed by atoms with E-state index in [1.54, 1.807) is 72.5 Å². The van der Waals surface area contributed by atoms with Gasteiger partial charge in [-0.25, -0.2) is 19.0 Å². The Labute approximate surface area is 346 Å². The van der Waals surface area contributed by atoms with Crippen LogP contribution in [0.1, 0.15) is 39.4 Å². The molecule has 300 valence electrons. The molecule has 16 nitrogen and oxygen atoms in total. The van der Waals surface area contributed by atoms with Gasteiger partial charge in [0.15, 0.2) is 11.4 Å². The van der Waals surface area contributed by atoms with Crippen LogP contribution in [0.2, 0.25) is 0 Å². The molecule has 0 radical (unpaired) electrons. The van der Waals surface area contributed by atoms with Crippen LogP contribution in [0.5, 0.6) is 0 Å². The van der Waals surface area contributed by atoms with Gasteiger partial charge in [-0.3, -0.25) is 19.6 Å². The van der Waals surface area contributed by atoms with Crippen LogP contribution >= 0.6 is 15.9 Å². The number of rotatable bonds is 4. The molecule has 4 aromatic heterocycles. The molecule has 6 heterocycles. The fourth-order valence-corrected chi connectivity index (χ4v) is 6.66. The van der Waals surface area contributed by atoms with E-state index in [4.69, 9.17) is 15.9 Å². The van der Waals surface area contributed by atoms with Crippen molar-refractivity contribution < 1.29 is 38.9 Å². The highest BCUT2D eigenvalue weighted by molar-refractivity contribution is 9.10. The van der Waals surface area contributed by atoms with E-state index in [-0.39, 0.29) is 23.7 Å². The second-order valence-electron chi connectivity index (χ2n) is 13.4. The summed E-state index contributed by atoms with van der Waals surface area (Å²) in [6, 6.07) is 18.4. The third-order valence-corrected chi connectivity index (χ3v) is 10.0. The van der Waals surface area contributed by atoms with Crippen LogP contribution in [0, 0.1) is 24.2 Å². The molecular weight excluding hydrogens is 824 g/mol. The largest absolute Gasteiger partial charge is 0.464 e. The smallest absolute Gasteiger partial charge is 0.359 e. The number of ether oxygens (including phenoxy) is 2. The third-order valence-electron chi connectivity index (χ3n) is 9.54. The highest BCUT2D eigenvalue weighted by Crippen LogP contribution is 2.26. The van der Waals surface area contributed by atoms with E-state index >= 15 is 0 Å². The van der Waals surface area contributed by atoms with E-state index in [9.17, 15) is 29.4 Å². The summed E-state index contributed by atoms with van der Waals surface area (Å²) in [6.45, 7) is 1.01. The minimum atomic E-state index is -1.66. The van der Waals surface area contributed by atoms with Crippen LogP contribution in [-0.2, 0) is 19.1 Å². The number of nitrogens with zero attached hydrogens (tertiary/aromatic N) is 8. The van der Waals surface area contributed by atoms with E-state index in [2.05, 4.69) is 53.9 Å². The van der Waals surface area contributed by atoms with Gasteiger partial charge < -0.3 is 29.5 Å². The average Bonchev–Trinajstić information content (AvgIpc) is 3.99. The predicted octanol–water partition coefficient (Wildman–Crippen LogP) is 3.33. The van der Waals surface area contributed by atoms with Crippen LogP contribution in [0.4, 0.5) is 0 Å². The van der Waals surface area contributed by atoms with Gasteiger partial charge in [0.05, 0.1) is 47.4 Å². The number of halogens is 1. The molecule has 2 aliphatic heterocycles. The lowest BCUT2D eigenvalue weighted by molar-refractivity contribution is -0.138. The van der Waals surface area contributed by atoms with Gasteiger partial charge in [-0.2, -0.15) is 10.2 Å². The number of amides is 2. The maximum absolute atomic E-state index is 12.1. The van der Waals surface area contributed by atoms with Crippen LogP contribution < -0.4 is 0 Å². The first-order chi connectivity index (χ1) is 28.2. The summed E-state index contributed by atoms with van der Waals surface area (Å²) >= 11 is 3.43. The van der Waals surface area contributed by atoms with Crippen molar-refractivity contribution in [3.05, 3.63) is 107 Å². The first-order valence-corrected chi connectivity index (χ1v) is 18.7. The van der Waals surface area contributed by atoms with Crippen LogP contribution in [0.15, 0.2) is 89.9 Å². The third kappa shape index (κ3) is 8.53. The molecule has 59 heavy (non-hydrogen) atoms. The van der Waals surface area contributed by atoms with E-state index in [0.29, 0.717) is 47.1 Å². The van der Waals surface area contributed by atoms with E-state index in [1.807, 2.05) is 36.4 Å². The number of pyridine rings is 2. The minimum absolute atomic E-state index is 0.168. The number of hydrogen-bond acceptors (Lipinski definition) is 12. The predicted molar refractivity (Wildman–Crippen MR) is 218 cm³/mol. The van der Waals surface area contributed by atoms with Gasteiger partial charge in [-0.15, -0.1) is 6.42 Å². The SMILES string of the molecule is C#C[C@]1(O)CCN(C)C1=O.COC(=O)c1nn(-c2cccc(Br)c2)c2ccncc12.COC(=O)c1nn(-c2cccc(C#C[C@]3(O)CCN(C)C3=O)c2)c2ccncc12. The lowest BCUT2D eigenvalue weighted by Crippen LogP contribution is -2.37. The zero-order chi connectivity index (χ0) is 42.5. The fourth-order valence-electron chi connectivity index (χ4n) is 6.27. The number of carbonyl (C=O) groups is 4. The van der Waals surface area contributed by atoms with E-state index < -0.39 is 29.0 Å². The molecule has 2 atom stereocenters. The summed E-state index contributed by atoms with van der Waals surface area (Å²) < 4.78 is 13.8. The van der Waals surface area contributed by atoms with Gasteiger partial charge in [0.25, 0.3) is 11.8 Å². The normalized spacial score (nSPS) is 18.3. The number of aliphatic hydroxyl groups is 2. The van der Waals surface area contributed by atoms with Crippen LogP contribution in [0.25, 0.3) is 33.2 Å². The Morgan fingerprint density at radius 1 is 0.763 bits per heavy atom. The molecule has 2 aromatic carbocycles. The monoisotopic (exact) mass is 860 g/mol. The lowest BCUT2D eigenvalue weighted by atomic mass is 10.0. The zero-order valence-electron chi connectivity index (χ0n) is 32.3. The van der Waals surface area contributed by atoms with Gasteiger partial charge in [0.2, 0.25) is 11.2 Å². The number of terminal acetylenes is 1. The van der Waals surface area contributed by atoms with Crippen LogP contribution in [0.3, 0.4) is 0 Å².